The van der Waals surface area contributed by atoms with Gasteiger partial charge in [-0.2, -0.15) is 32.1 Å². The maximum absolute atomic E-state index is 14.5. The van der Waals surface area contributed by atoms with Crippen LogP contribution >= 0.6 is 0 Å². The van der Waals surface area contributed by atoms with Crippen molar-refractivity contribution < 1.29 is 128 Å². The van der Waals surface area contributed by atoms with E-state index in [1.165, 1.54) is 6.92 Å². The predicted molar refractivity (Wildman–Crippen MR) is 187 cm³/mol. The zero-order valence-electron chi connectivity index (χ0n) is 31.9. The van der Waals surface area contributed by atoms with Crippen LogP contribution in [-0.2, 0) is 94.1 Å². The molecule has 0 bridgehead atoms. The van der Waals surface area contributed by atoms with E-state index in [1.807, 2.05) is 40.5 Å². The van der Waals surface area contributed by atoms with E-state index in [2.05, 4.69) is 29.2 Å². The molecule has 0 spiro atoms. The first kappa shape index (κ1) is 59.4. The van der Waals surface area contributed by atoms with E-state index >= 15 is 0 Å². The van der Waals surface area contributed by atoms with E-state index in [-0.39, 0.29) is 95.9 Å². The quantitative estimate of drug-likeness (QED) is 0.0721. The Balaban J connectivity index is -0.000000391. The second kappa shape index (κ2) is 29.0. The van der Waals surface area contributed by atoms with Crippen molar-refractivity contribution in [2.75, 3.05) is 0 Å². The summed E-state index contributed by atoms with van der Waals surface area (Å²) in [4.78, 5) is 45.2. The molecule has 54 heavy (non-hydrogen) atoms. The molecule has 2 fully saturated rings. The van der Waals surface area contributed by atoms with Gasteiger partial charge in [0, 0.05) is 98.0 Å². The van der Waals surface area contributed by atoms with E-state index < -0.39 is 103 Å². The summed E-state index contributed by atoms with van der Waals surface area (Å²) in [5, 5.41) is 66.8. The number of alkyl halides is 2. The summed E-state index contributed by atoms with van der Waals surface area (Å²) in [6.45, 7) is 18.7. The van der Waals surface area contributed by atoms with Crippen molar-refractivity contribution in [3.05, 3.63) is 26.7 Å². The van der Waals surface area contributed by atoms with Gasteiger partial charge >= 0.3 is 17.8 Å². The Bertz CT molecular complexity index is 1180. The van der Waals surface area contributed by atoms with Gasteiger partial charge in [0.15, 0.2) is 12.3 Å². The fraction of sp³-hybridized carbons (Fsp3) is 0.697. The maximum Gasteiger partial charge on any atom is 0.372 e. The summed E-state index contributed by atoms with van der Waals surface area (Å²) in [5.41, 5.74) is 10.6. The molecule has 2 heterocycles. The van der Waals surface area contributed by atoms with E-state index in [4.69, 9.17) is 32.1 Å². The molecule has 0 unspecified atom stereocenters. The Labute approximate surface area is 367 Å². The van der Waals surface area contributed by atoms with Crippen molar-refractivity contribution in [2.45, 2.75) is 128 Å². The molecule has 0 aromatic carbocycles. The molecule has 13 atom stereocenters. The summed E-state index contributed by atoms with van der Waals surface area (Å²) in [7, 11) is 0. The number of carbonyl (C=O) groups excluding carboxylic acids is 2. The average Bonchev–Trinajstić information content (AvgIpc) is 3.00. The van der Waals surface area contributed by atoms with Gasteiger partial charge in [-0.3, -0.25) is 20.4 Å². The Hall–Kier alpha value is -1.31. The molecule has 17 nitrogen and oxygen atoms in total. The third-order valence-corrected chi connectivity index (χ3v) is 7.65. The second-order valence-corrected chi connectivity index (χ2v) is 12.6. The first-order chi connectivity index (χ1) is 23.9. The molecule has 0 aliphatic carbocycles. The van der Waals surface area contributed by atoms with Crippen molar-refractivity contribution in [3.63, 3.8) is 0 Å². The smallest absolute Gasteiger partial charge is 0.372 e. The number of hydrogen-bond donors (Lipinski definition) is 11. The van der Waals surface area contributed by atoms with Gasteiger partial charge < -0.3 is 83.8 Å². The Morgan fingerprint density at radius 1 is 0.889 bits per heavy atom. The number of amidine groups is 2. The zero-order valence-corrected chi connectivity index (χ0v) is 37.5. The van der Waals surface area contributed by atoms with Gasteiger partial charge in [-0.05, 0) is 24.4 Å². The molecular weight excluding hydrogens is 872 g/mol. The second-order valence-electron chi connectivity index (χ2n) is 12.6. The molecule has 2 saturated heterocycles. The molecule has 2 radical (unpaired) electrons. The molecule has 0 aromatic rings. The van der Waals surface area contributed by atoms with E-state index in [9.17, 15) is 48.4 Å². The van der Waals surface area contributed by atoms with Crippen LogP contribution in [0.3, 0.4) is 0 Å². The summed E-state index contributed by atoms with van der Waals surface area (Å²) in [6.07, 6.45) is -7.39. The van der Waals surface area contributed by atoms with E-state index in [1.54, 1.807) is 6.92 Å². The number of amides is 2. The topological polar surface area (TPSA) is 312 Å². The van der Waals surface area contributed by atoms with Crippen LogP contribution in [0, 0.1) is 55.3 Å². The minimum Gasteiger partial charge on any atom is -0.479 e. The van der Waals surface area contributed by atoms with Crippen LogP contribution in [-0.4, -0.2) is 122 Å². The molecule has 2 rings (SSSR count). The van der Waals surface area contributed by atoms with Gasteiger partial charge in [-0.1, -0.05) is 13.0 Å². The molecule has 0 saturated carbocycles. The standard InChI is InChI=1S/C14H24N3O5.C13H20F2N3O6.2C3H7.2Y/c1-6(7(2)18)13-12(17-8(3)19)9(5-11(15)16)4-10(22-13)14(20)21;1-4(19)9(21)10-8(18-5(2)20)6(3-7(16)17)11(14)13(15,24-10)12(22)23;2*1-3-2;;/h6-7,9-10,12-13,18H,2,4-5H2,1,3H3,(H3,15,16)(H,17,19)(H,20,21);4,6,8-11,19,21H,1,3H2,2H3,(H3,16,17)(H,18,20)(H,22,23);2*3H,1-2H3;;/q4*-1;;/t6-,7-,9-,10-,12-,13+;4-,6-,8-,9-,10-,11-,13-;;;;/m11..../s1. The largest absolute Gasteiger partial charge is 0.479 e. The summed E-state index contributed by atoms with van der Waals surface area (Å²) >= 11 is 0. The maximum atomic E-state index is 14.5. The van der Waals surface area contributed by atoms with Gasteiger partial charge in [0.1, 0.15) is 6.10 Å². The number of carboxylic acid groups (broad SMARTS) is 2. The molecule has 2 aliphatic rings. The molecule has 2 amide bonds. The first-order valence-corrected chi connectivity index (χ1v) is 16.4. The number of nitrogens with one attached hydrogen (secondary N) is 4. The van der Waals surface area contributed by atoms with Gasteiger partial charge in [-0.25, -0.2) is 14.0 Å². The van der Waals surface area contributed by atoms with Crippen LogP contribution in [0.2, 0.25) is 0 Å². The fourth-order valence-electron chi connectivity index (χ4n) is 5.39. The minimum atomic E-state index is -3.85. The molecule has 2 aliphatic heterocycles. The fourth-order valence-corrected chi connectivity index (χ4v) is 5.39. The third-order valence-electron chi connectivity index (χ3n) is 7.65. The van der Waals surface area contributed by atoms with Gasteiger partial charge in [-0.15, -0.1) is 0 Å². The van der Waals surface area contributed by atoms with Crippen LogP contribution in [0.4, 0.5) is 8.78 Å². The number of ether oxygens (including phenoxy) is 2. The number of rotatable bonds is 12. The van der Waals surface area contributed by atoms with Crippen molar-refractivity contribution in [3.8, 4) is 0 Å². The summed E-state index contributed by atoms with van der Waals surface area (Å²) in [5.74, 6) is -11.4. The number of aliphatic hydroxyl groups excluding tert-OH is 3. The monoisotopic (exact) mass is 930 g/mol. The minimum absolute atomic E-state index is 0. The van der Waals surface area contributed by atoms with Gasteiger partial charge in [0.2, 0.25) is 11.8 Å². The van der Waals surface area contributed by atoms with Crippen LogP contribution in [0.15, 0.2) is 0 Å². The van der Waals surface area contributed by atoms with Gasteiger partial charge in [0.05, 0.1) is 36.0 Å². The normalized spacial score (nSPS) is 29.2. The van der Waals surface area contributed by atoms with Crippen molar-refractivity contribution >= 4 is 35.4 Å². The zero-order chi connectivity index (χ0) is 41.3. The number of nitrogens with two attached hydrogens (primary N) is 2. The predicted octanol–water partition coefficient (Wildman–Crippen LogP) is 0.439. The molecule has 21 heteroatoms. The number of halogens is 2. The Morgan fingerprint density at radius 2 is 1.31 bits per heavy atom. The molecule has 310 valence electrons. The number of carbonyl (C=O) groups is 4. The first-order valence-electron chi connectivity index (χ1n) is 16.4. The number of carboxylic acids is 2. The van der Waals surface area contributed by atoms with E-state index in [0.29, 0.717) is 0 Å². The average molecular weight is 931 g/mol. The van der Waals surface area contributed by atoms with Gasteiger partial charge in [0.25, 0.3) is 0 Å². The third kappa shape index (κ3) is 19.7. The summed E-state index contributed by atoms with van der Waals surface area (Å²) in [6, 6.07) is -1.99. The summed E-state index contributed by atoms with van der Waals surface area (Å²) < 4.78 is 39.2. The molecular formula is C33H58F2N6O11Y2-4. The molecule has 0 aromatic heterocycles. The van der Waals surface area contributed by atoms with Crippen LogP contribution in [0.25, 0.3) is 0 Å². The van der Waals surface area contributed by atoms with Crippen molar-refractivity contribution in [2.24, 2.45) is 29.2 Å². The van der Waals surface area contributed by atoms with Crippen molar-refractivity contribution in [1.82, 2.24) is 10.6 Å². The Morgan fingerprint density at radius 3 is 1.65 bits per heavy atom. The SMILES string of the molecule is C[CH-]C.C[CH-]C.[CH2-][C@@H](O)[C@@H](C)[C@@H]1O[C@@H](C(=O)O)C[C@H](CC(=N)N)[C@H]1NC(C)=O.[CH2-][C@@H](O)[C@@H](O)[C@@H]1O[C@@](F)(C(=O)O)[C@H](F)[C@H](CC(=N)N)[C@H]1NC(C)=O.[Y].[Y]. The van der Waals surface area contributed by atoms with Crippen molar-refractivity contribution in [1.29, 1.82) is 10.8 Å². The van der Waals surface area contributed by atoms with Crippen LogP contribution in [0.5, 0.6) is 0 Å². The van der Waals surface area contributed by atoms with Crippen LogP contribution in [0.1, 0.15) is 67.7 Å². The molecule has 13 N–H and O–H groups in total. The van der Waals surface area contributed by atoms with Crippen LogP contribution < -0.4 is 22.1 Å². The Kier molecular flexibility index (Phi) is 31.9. The number of hydrogen-bond acceptors (Lipinski definition) is 11. The van der Waals surface area contributed by atoms with E-state index in [0.717, 1.165) is 6.92 Å². The number of aliphatic carboxylic acids is 2. The number of aliphatic hydroxyl groups is 3.